The lowest BCUT2D eigenvalue weighted by Crippen LogP contribution is -2.58. The van der Waals surface area contributed by atoms with Crippen LogP contribution in [0.1, 0.15) is 11.1 Å². The molecule has 4 aliphatic rings. The fourth-order valence-electron chi connectivity index (χ4n) is 7.96. The molecule has 3 amide bonds. The quantitative estimate of drug-likeness (QED) is 0.293. The normalized spacial score (nSPS) is 27.2. The molecule has 0 bridgehead atoms. The molecule has 6 atom stereocenters. The van der Waals surface area contributed by atoms with E-state index in [2.05, 4.69) is 10.3 Å². The van der Waals surface area contributed by atoms with Crippen molar-refractivity contribution < 1.29 is 24.2 Å². The molecule has 1 unspecified atom stereocenters. The van der Waals surface area contributed by atoms with E-state index in [0.29, 0.717) is 25.0 Å². The lowest BCUT2D eigenvalue weighted by atomic mass is 9.77. The van der Waals surface area contributed by atoms with Gasteiger partial charge in [0.15, 0.2) is 0 Å². The third-order valence-corrected chi connectivity index (χ3v) is 10.1. The number of para-hydroxylation sites is 1. The van der Waals surface area contributed by atoms with Crippen LogP contribution in [0.5, 0.6) is 0 Å². The van der Waals surface area contributed by atoms with Crippen molar-refractivity contribution in [2.24, 2.45) is 11.8 Å². The van der Waals surface area contributed by atoms with E-state index in [1.807, 2.05) is 109 Å². The van der Waals surface area contributed by atoms with Gasteiger partial charge in [0.1, 0.15) is 23.8 Å². The Hall–Kier alpha value is -5.13. The van der Waals surface area contributed by atoms with Gasteiger partial charge in [0.2, 0.25) is 11.8 Å². The van der Waals surface area contributed by atoms with Gasteiger partial charge in [-0.15, -0.1) is 5.10 Å². The molecule has 0 aliphatic carbocycles. The van der Waals surface area contributed by atoms with E-state index < -0.39 is 35.6 Å². The van der Waals surface area contributed by atoms with Crippen molar-refractivity contribution in [3.63, 3.8) is 0 Å². The number of amides is 3. The molecular weight excluding hydrogens is 608 g/mol. The molecule has 0 saturated carbocycles. The van der Waals surface area contributed by atoms with E-state index in [0.717, 1.165) is 16.6 Å². The molecule has 1 N–H and O–H groups in total. The molecule has 8 rings (SSSR count). The second-order valence-corrected chi connectivity index (χ2v) is 12.9. The number of hydrogen-bond donors (Lipinski definition) is 1. The third kappa shape index (κ3) is 4.92. The van der Waals surface area contributed by atoms with Crippen LogP contribution in [0.25, 0.3) is 11.0 Å². The minimum absolute atomic E-state index is 0.0992. The zero-order valence-corrected chi connectivity index (χ0v) is 26.3. The highest BCUT2D eigenvalue weighted by Crippen LogP contribution is 2.54. The van der Waals surface area contributed by atoms with Crippen LogP contribution < -0.4 is 0 Å². The van der Waals surface area contributed by atoms with E-state index in [1.165, 1.54) is 4.90 Å². The summed E-state index contributed by atoms with van der Waals surface area (Å²) in [5, 5.41) is 19.4. The first kappa shape index (κ1) is 30.2. The van der Waals surface area contributed by atoms with E-state index in [9.17, 15) is 19.5 Å². The summed E-state index contributed by atoms with van der Waals surface area (Å²) in [5.41, 5.74) is 1.96. The van der Waals surface area contributed by atoms with Crippen LogP contribution in [0, 0.1) is 11.8 Å². The Balaban J connectivity index is 1.19. The topological polar surface area (TPSA) is 121 Å². The average molecular weight is 645 g/mol. The van der Waals surface area contributed by atoms with Crippen LogP contribution in [0.3, 0.4) is 0 Å². The molecule has 11 heteroatoms. The van der Waals surface area contributed by atoms with Gasteiger partial charge in [0, 0.05) is 19.6 Å². The number of hydrogen-bond acceptors (Lipinski definition) is 7. The van der Waals surface area contributed by atoms with Crippen molar-refractivity contribution >= 4 is 28.8 Å². The number of benzene rings is 3. The largest absolute Gasteiger partial charge is 0.394 e. The molecule has 48 heavy (non-hydrogen) atoms. The van der Waals surface area contributed by atoms with Crippen molar-refractivity contribution in [1.82, 2.24) is 29.7 Å². The van der Waals surface area contributed by atoms with Crippen molar-refractivity contribution in [3.05, 3.63) is 120 Å². The molecule has 4 aromatic rings. The Bertz CT molecular complexity index is 1910. The minimum atomic E-state index is -1.41. The second-order valence-electron chi connectivity index (χ2n) is 12.9. The molecule has 1 aromatic heterocycles. The molecule has 1 spiro atoms. The van der Waals surface area contributed by atoms with Gasteiger partial charge in [0.05, 0.1) is 36.1 Å². The second kappa shape index (κ2) is 12.1. The monoisotopic (exact) mass is 644 g/mol. The van der Waals surface area contributed by atoms with Crippen molar-refractivity contribution in [2.75, 3.05) is 19.7 Å². The van der Waals surface area contributed by atoms with Crippen molar-refractivity contribution in [3.8, 4) is 0 Å². The number of ether oxygens (including phenoxy) is 1. The minimum Gasteiger partial charge on any atom is -0.394 e. The van der Waals surface area contributed by atoms with Gasteiger partial charge in [-0.2, -0.15) is 0 Å². The molecule has 4 aliphatic heterocycles. The summed E-state index contributed by atoms with van der Waals surface area (Å²) in [4.78, 5) is 49.1. The zero-order valence-electron chi connectivity index (χ0n) is 26.3. The summed E-state index contributed by atoms with van der Waals surface area (Å²) < 4.78 is 8.50. The lowest BCUT2D eigenvalue weighted by Gasteiger charge is -2.38. The standard InChI is InChI=1S/C37H36N6O5/c44-23-27(21-25-11-3-1-4-12-25)43-33-36(47)41(24-42-29-16-8-7-15-28(29)38-39-42)20-10-18-37(33)32(35(43)46)31-30(48-37)17-9-19-40(34(31)45)22-26-13-5-2-6-14-26/h1-18,27,30-33,44H,19-24H2/t27-,30+,31-,32+,33?,37+/m1/s1. The van der Waals surface area contributed by atoms with Gasteiger partial charge in [-0.1, -0.05) is 102 Å². The summed E-state index contributed by atoms with van der Waals surface area (Å²) in [6, 6.07) is 25.0. The van der Waals surface area contributed by atoms with E-state index >= 15 is 0 Å². The molecule has 2 fully saturated rings. The van der Waals surface area contributed by atoms with Gasteiger partial charge in [-0.05, 0) is 29.7 Å². The smallest absolute Gasteiger partial charge is 0.250 e. The van der Waals surface area contributed by atoms with Crippen LogP contribution in [0.2, 0.25) is 0 Å². The number of likely N-dealkylation sites (tertiary alicyclic amines) is 1. The fourth-order valence-corrected chi connectivity index (χ4v) is 7.96. The van der Waals surface area contributed by atoms with Crippen LogP contribution in [0.4, 0.5) is 0 Å². The van der Waals surface area contributed by atoms with E-state index in [1.54, 1.807) is 14.5 Å². The zero-order chi connectivity index (χ0) is 32.8. The average Bonchev–Trinajstić information content (AvgIpc) is 3.67. The Kier molecular flexibility index (Phi) is 7.65. The number of nitrogens with zero attached hydrogens (tertiary/aromatic N) is 6. The molecule has 3 aromatic carbocycles. The van der Waals surface area contributed by atoms with Crippen LogP contribution in [-0.4, -0.2) is 96.0 Å². The predicted octanol–water partition coefficient (Wildman–Crippen LogP) is 2.57. The highest BCUT2D eigenvalue weighted by atomic mass is 16.5. The molecule has 11 nitrogen and oxygen atoms in total. The summed E-state index contributed by atoms with van der Waals surface area (Å²) in [6.07, 6.45) is 7.10. The number of carbonyl (C=O) groups is 3. The maximum atomic E-state index is 14.9. The lowest BCUT2D eigenvalue weighted by molar-refractivity contribution is -0.152. The summed E-state index contributed by atoms with van der Waals surface area (Å²) in [5.74, 6) is -2.69. The van der Waals surface area contributed by atoms with E-state index in [4.69, 9.17) is 4.74 Å². The van der Waals surface area contributed by atoms with Crippen LogP contribution in [-0.2, 0) is 38.8 Å². The Morgan fingerprint density at radius 2 is 1.54 bits per heavy atom. The molecule has 2 saturated heterocycles. The van der Waals surface area contributed by atoms with Gasteiger partial charge < -0.3 is 24.5 Å². The first-order valence-corrected chi connectivity index (χ1v) is 16.4. The number of aliphatic hydroxyl groups excluding tert-OH is 1. The van der Waals surface area contributed by atoms with Gasteiger partial charge in [-0.3, -0.25) is 14.4 Å². The van der Waals surface area contributed by atoms with Crippen LogP contribution in [0.15, 0.2) is 109 Å². The van der Waals surface area contributed by atoms with Gasteiger partial charge in [-0.25, -0.2) is 4.68 Å². The summed E-state index contributed by atoms with van der Waals surface area (Å²) >= 11 is 0. The highest BCUT2D eigenvalue weighted by Gasteiger charge is 2.72. The number of carbonyl (C=O) groups excluding carboxylic acids is 3. The Morgan fingerprint density at radius 1 is 0.833 bits per heavy atom. The Labute approximate surface area is 277 Å². The fraction of sp³-hybridized carbons (Fsp3) is 0.324. The first-order valence-electron chi connectivity index (χ1n) is 16.4. The maximum absolute atomic E-state index is 14.9. The Morgan fingerprint density at radius 3 is 2.31 bits per heavy atom. The number of rotatable bonds is 8. The predicted molar refractivity (Wildman–Crippen MR) is 176 cm³/mol. The number of aromatic nitrogens is 3. The van der Waals surface area contributed by atoms with Crippen molar-refractivity contribution in [1.29, 1.82) is 0 Å². The number of aliphatic hydroxyl groups is 1. The third-order valence-electron chi connectivity index (χ3n) is 10.1. The molecule has 5 heterocycles. The first-order chi connectivity index (χ1) is 23.5. The highest BCUT2D eigenvalue weighted by molar-refractivity contribution is 6.00. The van der Waals surface area contributed by atoms with Gasteiger partial charge >= 0.3 is 0 Å². The number of fused-ring (bicyclic) bond motifs is 3. The molecule has 0 radical (unpaired) electrons. The van der Waals surface area contributed by atoms with Gasteiger partial charge in [0.25, 0.3) is 5.91 Å². The van der Waals surface area contributed by atoms with Crippen LogP contribution >= 0.6 is 0 Å². The maximum Gasteiger partial charge on any atom is 0.250 e. The molecular formula is C37H36N6O5. The summed E-state index contributed by atoms with van der Waals surface area (Å²) in [6.45, 7) is 0.739. The van der Waals surface area contributed by atoms with E-state index in [-0.39, 0.29) is 37.5 Å². The van der Waals surface area contributed by atoms with Crippen molar-refractivity contribution in [2.45, 2.75) is 43.4 Å². The SMILES string of the molecule is O=C1C2N([C@@H](CO)Cc3ccccc3)C(=O)[C@@H]3[C@@H]4C(=O)N(Cc5ccccc5)CC=C[C@@H]4O[C@]23C=CCN1Cn1nnc2ccccc21. The molecule has 244 valence electrons. The summed E-state index contributed by atoms with van der Waals surface area (Å²) in [7, 11) is 0.